The third-order valence-electron chi connectivity index (χ3n) is 4.34. The molecular formula is C14H26N2O2. The quantitative estimate of drug-likeness (QED) is 0.773. The summed E-state index contributed by atoms with van der Waals surface area (Å²) in [5.74, 6) is -0.0370. The second-order valence-electron chi connectivity index (χ2n) is 5.73. The fraction of sp³-hybridized carbons (Fsp3) is 0.929. The van der Waals surface area contributed by atoms with E-state index in [2.05, 4.69) is 17.3 Å². The molecule has 1 saturated heterocycles. The van der Waals surface area contributed by atoms with Crippen LogP contribution in [-0.2, 0) is 9.53 Å². The van der Waals surface area contributed by atoms with Crippen LogP contribution in [0.3, 0.4) is 0 Å². The summed E-state index contributed by atoms with van der Waals surface area (Å²) in [6.07, 6.45) is 6.73. The summed E-state index contributed by atoms with van der Waals surface area (Å²) < 4.78 is 5.31. The van der Waals surface area contributed by atoms with Gasteiger partial charge in [-0.2, -0.15) is 0 Å². The molecule has 0 aromatic rings. The molecule has 2 aliphatic rings. The standard InChI is InChI=1S/C14H26N2O2/c1-3-18-13(17)14(8-10-16(2)11-9-14)15-12-6-4-5-7-12/h12,15H,3-11H2,1-2H3. The second kappa shape index (κ2) is 6.02. The van der Waals surface area contributed by atoms with E-state index in [1.807, 2.05) is 6.92 Å². The molecule has 18 heavy (non-hydrogen) atoms. The Morgan fingerprint density at radius 2 is 1.94 bits per heavy atom. The molecule has 0 amide bonds. The molecule has 1 aliphatic carbocycles. The minimum atomic E-state index is -0.419. The van der Waals surface area contributed by atoms with E-state index in [4.69, 9.17) is 4.74 Å². The van der Waals surface area contributed by atoms with Gasteiger partial charge in [0.05, 0.1) is 6.61 Å². The van der Waals surface area contributed by atoms with Crippen molar-refractivity contribution >= 4 is 5.97 Å². The zero-order valence-corrected chi connectivity index (χ0v) is 11.7. The van der Waals surface area contributed by atoms with Crippen LogP contribution >= 0.6 is 0 Å². The number of esters is 1. The number of piperidine rings is 1. The summed E-state index contributed by atoms with van der Waals surface area (Å²) >= 11 is 0. The Morgan fingerprint density at radius 1 is 1.33 bits per heavy atom. The molecule has 1 N–H and O–H groups in total. The van der Waals surface area contributed by atoms with Crippen molar-refractivity contribution in [3.05, 3.63) is 0 Å². The average molecular weight is 254 g/mol. The van der Waals surface area contributed by atoms with Crippen LogP contribution in [0.25, 0.3) is 0 Å². The van der Waals surface area contributed by atoms with E-state index in [-0.39, 0.29) is 5.97 Å². The van der Waals surface area contributed by atoms with Gasteiger partial charge >= 0.3 is 5.97 Å². The van der Waals surface area contributed by atoms with Gasteiger partial charge in [-0.15, -0.1) is 0 Å². The summed E-state index contributed by atoms with van der Waals surface area (Å²) in [5, 5.41) is 3.64. The first-order valence-corrected chi connectivity index (χ1v) is 7.30. The maximum Gasteiger partial charge on any atom is 0.326 e. The van der Waals surface area contributed by atoms with Crippen LogP contribution in [0.4, 0.5) is 0 Å². The molecule has 1 aliphatic heterocycles. The number of rotatable bonds is 4. The van der Waals surface area contributed by atoms with Crippen LogP contribution in [0, 0.1) is 0 Å². The maximum absolute atomic E-state index is 12.3. The van der Waals surface area contributed by atoms with Crippen molar-refractivity contribution in [1.29, 1.82) is 0 Å². The largest absolute Gasteiger partial charge is 0.465 e. The number of nitrogens with one attached hydrogen (secondary N) is 1. The molecule has 104 valence electrons. The number of likely N-dealkylation sites (tertiary alicyclic amines) is 1. The molecule has 2 rings (SSSR count). The van der Waals surface area contributed by atoms with Crippen LogP contribution in [-0.4, -0.2) is 49.2 Å². The Labute approximate surface area is 110 Å². The van der Waals surface area contributed by atoms with Gasteiger partial charge < -0.3 is 9.64 Å². The highest BCUT2D eigenvalue weighted by Crippen LogP contribution is 2.28. The second-order valence-corrected chi connectivity index (χ2v) is 5.73. The number of carbonyl (C=O) groups is 1. The number of hydrogen-bond acceptors (Lipinski definition) is 4. The predicted octanol–water partition coefficient (Wildman–Crippen LogP) is 1.55. The van der Waals surface area contributed by atoms with Crippen LogP contribution in [0.2, 0.25) is 0 Å². The van der Waals surface area contributed by atoms with E-state index in [0.717, 1.165) is 25.9 Å². The van der Waals surface area contributed by atoms with Crippen molar-refractivity contribution in [1.82, 2.24) is 10.2 Å². The highest BCUT2D eigenvalue weighted by atomic mass is 16.5. The normalized spacial score (nSPS) is 25.2. The van der Waals surface area contributed by atoms with Crippen molar-refractivity contribution in [2.45, 2.75) is 57.0 Å². The first-order valence-electron chi connectivity index (χ1n) is 7.30. The number of carbonyl (C=O) groups excluding carboxylic acids is 1. The molecule has 0 aromatic heterocycles. The fourth-order valence-corrected chi connectivity index (χ4v) is 3.14. The van der Waals surface area contributed by atoms with E-state index in [1.165, 1.54) is 25.7 Å². The lowest BCUT2D eigenvalue weighted by Crippen LogP contribution is -2.60. The van der Waals surface area contributed by atoms with Gasteiger partial charge in [0.1, 0.15) is 5.54 Å². The minimum Gasteiger partial charge on any atom is -0.465 e. The van der Waals surface area contributed by atoms with E-state index in [0.29, 0.717) is 12.6 Å². The van der Waals surface area contributed by atoms with Crippen molar-refractivity contribution in [2.75, 3.05) is 26.7 Å². The topological polar surface area (TPSA) is 41.6 Å². The smallest absolute Gasteiger partial charge is 0.326 e. The van der Waals surface area contributed by atoms with Gasteiger partial charge in [0.2, 0.25) is 0 Å². The van der Waals surface area contributed by atoms with E-state index < -0.39 is 5.54 Å². The van der Waals surface area contributed by atoms with Crippen molar-refractivity contribution in [3.8, 4) is 0 Å². The van der Waals surface area contributed by atoms with Gasteiger partial charge in [0, 0.05) is 19.1 Å². The molecule has 0 atom stereocenters. The third kappa shape index (κ3) is 3.04. The third-order valence-corrected chi connectivity index (χ3v) is 4.34. The van der Waals surface area contributed by atoms with Gasteiger partial charge in [-0.1, -0.05) is 12.8 Å². The molecule has 4 nitrogen and oxygen atoms in total. The Bertz CT molecular complexity index is 280. The summed E-state index contributed by atoms with van der Waals surface area (Å²) in [6.45, 7) is 4.30. The lowest BCUT2D eigenvalue weighted by Gasteiger charge is -2.41. The number of ether oxygens (including phenoxy) is 1. The van der Waals surface area contributed by atoms with E-state index >= 15 is 0 Å². The van der Waals surface area contributed by atoms with Crippen LogP contribution in [0.15, 0.2) is 0 Å². The van der Waals surface area contributed by atoms with E-state index in [9.17, 15) is 4.79 Å². The Kier molecular flexibility index (Phi) is 4.62. The lowest BCUT2D eigenvalue weighted by atomic mass is 9.86. The summed E-state index contributed by atoms with van der Waals surface area (Å²) in [6, 6.07) is 0.512. The number of nitrogens with zero attached hydrogens (tertiary/aromatic N) is 1. The summed E-state index contributed by atoms with van der Waals surface area (Å²) in [5.41, 5.74) is -0.419. The molecule has 0 spiro atoms. The summed E-state index contributed by atoms with van der Waals surface area (Å²) in [7, 11) is 2.12. The molecule has 1 heterocycles. The van der Waals surface area contributed by atoms with Gasteiger partial charge in [-0.05, 0) is 39.7 Å². The Hall–Kier alpha value is -0.610. The zero-order chi connectivity index (χ0) is 13.0. The fourth-order valence-electron chi connectivity index (χ4n) is 3.14. The number of hydrogen-bond donors (Lipinski definition) is 1. The highest BCUT2D eigenvalue weighted by Gasteiger charge is 2.43. The molecule has 2 fully saturated rings. The van der Waals surface area contributed by atoms with Gasteiger partial charge in [0.15, 0.2) is 0 Å². The maximum atomic E-state index is 12.3. The monoisotopic (exact) mass is 254 g/mol. The van der Waals surface area contributed by atoms with Crippen LogP contribution in [0.1, 0.15) is 45.4 Å². The molecule has 0 aromatic carbocycles. The molecule has 0 radical (unpaired) electrons. The molecule has 0 unspecified atom stereocenters. The highest BCUT2D eigenvalue weighted by molar-refractivity contribution is 5.81. The van der Waals surface area contributed by atoms with Gasteiger partial charge in [-0.25, -0.2) is 0 Å². The van der Waals surface area contributed by atoms with Crippen molar-refractivity contribution < 1.29 is 9.53 Å². The molecule has 4 heteroatoms. The predicted molar refractivity (Wildman–Crippen MR) is 71.5 cm³/mol. The SMILES string of the molecule is CCOC(=O)C1(NC2CCCC2)CCN(C)CC1. The lowest BCUT2D eigenvalue weighted by molar-refractivity contribution is -0.154. The molecule has 0 bridgehead atoms. The van der Waals surface area contributed by atoms with Crippen LogP contribution < -0.4 is 5.32 Å². The Balaban J connectivity index is 2.03. The van der Waals surface area contributed by atoms with Crippen LogP contribution in [0.5, 0.6) is 0 Å². The van der Waals surface area contributed by atoms with Crippen molar-refractivity contribution in [2.24, 2.45) is 0 Å². The first kappa shape index (κ1) is 13.8. The van der Waals surface area contributed by atoms with E-state index in [1.54, 1.807) is 0 Å². The average Bonchev–Trinajstić information content (AvgIpc) is 2.85. The summed E-state index contributed by atoms with van der Waals surface area (Å²) in [4.78, 5) is 14.6. The van der Waals surface area contributed by atoms with Gasteiger partial charge in [-0.3, -0.25) is 10.1 Å². The van der Waals surface area contributed by atoms with Crippen molar-refractivity contribution in [3.63, 3.8) is 0 Å². The van der Waals surface area contributed by atoms with Gasteiger partial charge in [0.25, 0.3) is 0 Å². The molecular weight excluding hydrogens is 228 g/mol. The Morgan fingerprint density at radius 3 is 2.50 bits per heavy atom. The first-order chi connectivity index (χ1) is 8.66. The molecule has 1 saturated carbocycles. The minimum absolute atomic E-state index is 0.0370. The zero-order valence-electron chi connectivity index (χ0n) is 11.7.